The maximum atomic E-state index is 11.7. The van der Waals surface area contributed by atoms with Crippen LogP contribution < -0.4 is 4.90 Å². The molecule has 2 amide bonds. The van der Waals surface area contributed by atoms with Crippen LogP contribution in [0.3, 0.4) is 0 Å². The van der Waals surface area contributed by atoms with Gasteiger partial charge in [-0.05, 0) is 30.4 Å². The van der Waals surface area contributed by atoms with Crippen LogP contribution in [0, 0.1) is 0 Å². The summed E-state index contributed by atoms with van der Waals surface area (Å²) in [4.78, 5) is 24.4. The number of phenolic OH excluding ortho intramolecular Hbond substituents is 1. The molecule has 1 aromatic carbocycles. The standard InChI is InChI=1S/C15H15NO4/c17-13-4-5-14(18)16(13)12-3-1-2-11(15(12)19)10-6-8-20-9-7-10/h1-5,10,19H,6-9H2. The Hall–Kier alpha value is -2.14. The van der Waals surface area contributed by atoms with Crippen molar-refractivity contribution < 1.29 is 19.4 Å². The first-order valence-corrected chi connectivity index (χ1v) is 6.64. The van der Waals surface area contributed by atoms with Crippen LogP contribution >= 0.6 is 0 Å². The van der Waals surface area contributed by atoms with Crippen LogP contribution in [0.15, 0.2) is 30.4 Å². The van der Waals surface area contributed by atoms with Gasteiger partial charge in [0.25, 0.3) is 11.8 Å². The number of carbonyl (C=O) groups is 2. The number of carbonyl (C=O) groups excluding carboxylic acids is 2. The zero-order chi connectivity index (χ0) is 14.1. The number of nitrogens with zero attached hydrogens (tertiary/aromatic N) is 1. The van der Waals surface area contributed by atoms with Crippen molar-refractivity contribution >= 4 is 17.5 Å². The summed E-state index contributed by atoms with van der Waals surface area (Å²) in [6.45, 7) is 1.33. The van der Waals surface area contributed by atoms with Gasteiger partial charge in [-0.15, -0.1) is 0 Å². The van der Waals surface area contributed by atoms with E-state index in [1.165, 1.54) is 12.2 Å². The summed E-state index contributed by atoms with van der Waals surface area (Å²) in [5, 5.41) is 10.4. The van der Waals surface area contributed by atoms with Gasteiger partial charge in [0.05, 0.1) is 5.69 Å². The largest absolute Gasteiger partial charge is 0.505 e. The van der Waals surface area contributed by atoms with Gasteiger partial charge in [-0.1, -0.05) is 12.1 Å². The van der Waals surface area contributed by atoms with E-state index in [-0.39, 0.29) is 17.4 Å². The van der Waals surface area contributed by atoms with Crippen molar-refractivity contribution in [2.45, 2.75) is 18.8 Å². The lowest BCUT2D eigenvalue weighted by Crippen LogP contribution is -2.29. The van der Waals surface area contributed by atoms with E-state index in [0.29, 0.717) is 13.2 Å². The van der Waals surface area contributed by atoms with E-state index in [9.17, 15) is 14.7 Å². The summed E-state index contributed by atoms with van der Waals surface area (Å²) >= 11 is 0. The predicted octanol–water partition coefficient (Wildman–Crippen LogP) is 1.72. The van der Waals surface area contributed by atoms with Crippen molar-refractivity contribution in [3.63, 3.8) is 0 Å². The summed E-state index contributed by atoms with van der Waals surface area (Å²) in [5.41, 5.74) is 1.03. The normalized spacial score (nSPS) is 19.9. The molecule has 0 saturated carbocycles. The summed E-state index contributed by atoms with van der Waals surface area (Å²) in [7, 11) is 0. The molecule has 0 atom stereocenters. The number of benzene rings is 1. The number of para-hydroxylation sites is 1. The van der Waals surface area contributed by atoms with Crippen LogP contribution in [0.4, 0.5) is 5.69 Å². The minimum absolute atomic E-state index is 0.0183. The number of ether oxygens (including phenoxy) is 1. The Morgan fingerprint density at radius 2 is 1.75 bits per heavy atom. The molecular formula is C15H15NO4. The van der Waals surface area contributed by atoms with E-state index in [1.54, 1.807) is 12.1 Å². The van der Waals surface area contributed by atoms with E-state index in [4.69, 9.17) is 4.74 Å². The van der Waals surface area contributed by atoms with Gasteiger partial charge in [-0.3, -0.25) is 9.59 Å². The number of aromatic hydroxyl groups is 1. The number of hydrogen-bond donors (Lipinski definition) is 1. The minimum atomic E-state index is -0.422. The van der Waals surface area contributed by atoms with Crippen LogP contribution in [0.1, 0.15) is 24.3 Å². The second-order valence-corrected chi connectivity index (χ2v) is 4.95. The molecule has 0 spiro atoms. The van der Waals surface area contributed by atoms with Crippen LogP contribution in [-0.2, 0) is 14.3 Å². The van der Waals surface area contributed by atoms with Gasteiger partial charge in [-0.2, -0.15) is 0 Å². The second-order valence-electron chi connectivity index (χ2n) is 4.95. The molecule has 0 unspecified atom stereocenters. The molecule has 2 aliphatic heterocycles. The zero-order valence-corrected chi connectivity index (χ0v) is 10.9. The van der Waals surface area contributed by atoms with Gasteiger partial charge in [0.2, 0.25) is 0 Å². The number of rotatable bonds is 2. The number of phenols is 1. The third-order valence-electron chi connectivity index (χ3n) is 3.76. The molecule has 1 fully saturated rings. The highest BCUT2D eigenvalue weighted by Crippen LogP contribution is 2.39. The number of amides is 2. The Kier molecular flexibility index (Phi) is 3.28. The van der Waals surface area contributed by atoms with Gasteiger partial charge in [0, 0.05) is 25.4 Å². The molecule has 0 bridgehead atoms. The zero-order valence-electron chi connectivity index (χ0n) is 10.9. The minimum Gasteiger partial charge on any atom is -0.505 e. The number of hydrogen-bond acceptors (Lipinski definition) is 4. The quantitative estimate of drug-likeness (QED) is 0.833. The first-order chi connectivity index (χ1) is 9.68. The summed E-state index contributed by atoms with van der Waals surface area (Å²) < 4.78 is 5.31. The summed E-state index contributed by atoms with van der Waals surface area (Å²) in [6.07, 6.45) is 4.08. The maximum absolute atomic E-state index is 11.7. The number of anilines is 1. The molecule has 0 aliphatic carbocycles. The Morgan fingerprint density at radius 3 is 2.40 bits per heavy atom. The lowest BCUT2D eigenvalue weighted by atomic mass is 9.90. The van der Waals surface area contributed by atoms with Gasteiger partial charge in [0.15, 0.2) is 0 Å². The molecular weight excluding hydrogens is 258 g/mol. The topological polar surface area (TPSA) is 66.8 Å². The highest BCUT2D eigenvalue weighted by atomic mass is 16.5. The lowest BCUT2D eigenvalue weighted by molar-refractivity contribution is -0.120. The lowest BCUT2D eigenvalue weighted by Gasteiger charge is -2.25. The molecule has 5 nitrogen and oxygen atoms in total. The highest BCUT2D eigenvalue weighted by Gasteiger charge is 2.29. The SMILES string of the molecule is O=C1C=CC(=O)N1c1cccc(C2CCOCC2)c1O. The van der Waals surface area contributed by atoms with Crippen LogP contribution in [0.2, 0.25) is 0 Å². The average molecular weight is 273 g/mol. The van der Waals surface area contributed by atoms with Crippen molar-refractivity contribution in [3.05, 3.63) is 35.9 Å². The van der Waals surface area contributed by atoms with Crippen molar-refractivity contribution in [3.8, 4) is 5.75 Å². The molecule has 3 rings (SSSR count). The smallest absolute Gasteiger partial charge is 0.258 e. The molecule has 2 aliphatic rings. The van der Waals surface area contributed by atoms with E-state index < -0.39 is 11.8 Å². The fourth-order valence-electron chi connectivity index (χ4n) is 2.70. The third kappa shape index (κ3) is 2.10. The third-order valence-corrected chi connectivity index (χ3v) is 3.76. The molecule has 1 N–H and O–H groups in total. The van der Waals surface area contributed by atoms with E-state index in [1.807, 2.05) is 6.07 Å². The van der Waals surface area contributed by atoms with Crippen LogP contribution in [0.25, 0.3) is 0 Å². The highest BCUT2D eigenvalue weighted by molar-refractivity contribution is 6.28. The van der Waals surface area contributed by atoms with Crippen LogP contribution in [0.5, 0.6) is 5.75 Å². The van der Waals surface area contributed by atoms with E-state index in [2.05, 4.69) is 0 Å². The van der Waals surface area contributed by atoms with Gasteiger partial charge in [0.1, 0.15) is 5.75 Å². The van der Waals surface area contributed by atoms with Crippen molar-refractivity contribution in [1.82, 2.24) is 0 Å². The Balaban J connectivity index is 1.97. The van der Waals surface area contributed by atoms with Crippen molar-refractivity contribution in [1.29, 1.82) is 0 Å². The Morgan fingerprint density at radius 1 is 1.10 bits per heavy atom. The fourth-order valence-corrected chi connectivity index (χ4v) is 2.70. The van der Waals surface area contributed by atoms with Crippen LogP contribution in [-0.4, -0.2) is 30.1 Å². The molecule has 5 heteroatoms. The fraction of sp³-hybridized carbons (Fsp3) is 0.333. The molecule has 1 saturated heterocycles. The molecule has 20 heavy (non-hydrogen) atoms. The molecule has 2 heterocycles. The summed E-state index contributed by atoms with van der Waals surface area (Å²) in [6, 6.07) is 5.19. The van der Waals surface area contributed by atoms with E-state index >= 15 is 0 Å². The molecule has 1 aromatic rings. The van der Waals surface area contributed by atoms with Gasteiger partial charge < -0.3 is 9.84 Å². The molecule has 0 radical (unpaired) electrons. The second kappa shape index (κ2) is 5.09. The maximum Gasteiger partial charge on any atom is 0.258 e. The first kappa shape index (κ1) is 12.9. The predicted molar refractivity (Wildman–Crippen MR) is 72.5 cm³/mol. The molecule has 104 valence electrons. The Bertz CT molecular complexity index is 570. The van der Waals surface area contributed by atoms with Gasteiger partial charge in [-0.25, -0.2) is 4.90 Å². The summed E-state index contributed by atoms with van der Waals surface area (Å²) in [5.74, 6) is -0.627. The monoisotopic (exact) mass is 273 g/mol. The van der Waals surface area contributed by atoms with Crippen molar-refractivity contribution in [2.24, 2.45) is 0 Å². The van der Waals surface area contributed by atoms with Gasteiger partial charge >= 0.3 is 0 Å². The number of imide groups is 1. The molecule has 0 aromatic heterocycles. The Labute approximate surface area is 116 Å². The first-order valence-electron chi connectivity index (χ1n) is 6.64. The van der Waals surface area contributed by atoms with E-state index in [0.717, 1.165) is 23.3 Å². The van der Waals surface area contributed by atoms with Crippen molar-refractivity contribution in [2.75, 3.05) is 18.1 Å². The average Bonchev–Trinajstić information content (AvgIpc) is 2.80.